The number of ketones is 2. The molecule has 5 atom stereocenters. The minimum absolute atomic E-state index is 0.0321. The third kappa shape index (κ3) is 1.67. The number of hydrogen-bond acceptors (Lipinski definition) is 4. The van der Waals surface area contributed by atoms with Crippen LogP contribution in [0.25, 0.3) is 0 Å². The molecular weight excluding hydrogens is 280 g/mol. The first-order valence-electron chi connectivity index (χ1n) is 7.91. The summed E-state index contributed by atoms with van der Waals surface area (Å²) in [6, 6.07) is 3.81. The average molecular weight is 300 g/mol. The van der Waals surface area contributed by atoms with Crippen LogP contribution in [-0.4, -0.2) is 30.9 Å². The molecule has 0 radical (unpaired) electrons. The third-order valence-corrected chi connectivity index (χ3v) is 5.59. The van der Waals surface area contributed by atoms with Gasteiger partial charge in [-0.15, -0.1) is 0 Å². The van der Waals surface area contributed by atoms with E-state index in [1.165, 1.54) is 0 Å². The van der Waals surface area contributed by atoms with E-state index in [2.05, 4.69) is 0 Å². The Bertz CT molecular complexity index is 627. The van der Waals surface area contributed by atoms with E-state index >= 15 is 0 Å². The molecular formula is C18H20O4. The molecule has 0 amide bonds. The summed E-state index contributed by atoms with van der Waals surface area (Å²) in [4.78, 5) is 25.8. The van der Waals surface area contributed by atoms with Crippen molar-refractivity contribution in [3.8, 4) is 5.75 Å². The Morgan fingerprint density at radius 1 is 1.00 bits per heavy atom. The van der Waals surface area contributed by atoms with Crippen LogP contribution >= 0.6 is 0 Å². The fourth-order valence-electron chi connectivity index (χ4n) is 4.72. The van der Waals surface area contributed by atoms with Crippen molar-refractivity contribution in [2.45, 2.75) is 44.8 Å². The maximum absolute atomic E-state index is 12.9. The van der Waals surface area contributed by atoms with Gasteiger partial charge in [0.1, 0.15) is 11.7 Å². The van der Waals surface area contributed by atoms with Gasteiger partial charge in [-0.2, -0.15) is 0 Å². The largest absolute Gasteiger partial charge is 0.497 e. The zero-order valence-corrected chi connectivity index (χ0v) is 13.1. The normalized spacial score (nSPS) is 36.0. The van der Waals surface area contributed by atoms with Crippen molar-refractivity contribution in [1.82, 2.24) is 0 Å². The van der Waals surface area contributed by atoms with Gasteiger partial charge in [-0.05, 0) is 55.5 Å². The second-order valence-electron chi connectivity index (χ2n) is 6.75. The third-order valence-electron chi connectivity index (χ3n) is 5.59. The Kier molecular flexibility index (Phi) is 2.95. The average Bonchev–Trinajstić information content (AvgIpc) is 3.15. The second-order valence-corrected chi connectivity index (χ2v) is 6.75. The van der Waals surface area contributed by atoms with Crippen molar-refractivity contribution in [2.24, 2.45) is 11.8 Å². The molecule has 0 aromatic heterocycles. The Balaban J connectivity index is 1.78. The molecule has 4 rings (SSSR count). The van der Waals surface area contributed by atoms with Gasteiger partial charge in [0.15, 0.2) is 11.6 Å². The highest BCUT2D eigenvalue weighted by Gasteiger charge is 2.63. The molecule has 1 aromatic carbocycles. The zero-order chi connectivity index (χ0) is 15.6. The molecule has 1 unspecified atom stereocenters. The first-order valence-corrected chi connectivity index (χ1v) is 7.91. The molecule has 2 heterocycles. The summed E-state index contributed by atoms with van der Waals surface area (Å²) in [5.41, 5.74) is 2.79. The van der Waals surface area contributed by atoms with Crippen LogP contribution in [0, 0.1) is 25.7 Å². The van der Waals surface area contributed by atoms with E-state index in [0.29, 0.717) is 0 Å². The van der Waals surface area contributed by atoms with Crippen LogP contribution in [-0.2, 0) is 14.3 Å². The summed E-state index contributed by atoms with van der Waals surface area (Å²) in [5.74, 6) is -0.125. The van der Waals surface area contributed by atoms with Gasteiger partial charge in [0, 0.05) is 0 Å². The Hall–Kier alpha value is -1.68. The number of benzene rings is 1. The molecule has 2 bridgehead atoms. The quantitative estimate of drug-likeness (QED) is 0.787. The summed E-state index contributed by atoms with van der Waals surface area (Å²) in [5, 5.41) is 0. The Morgan fingerprint density at radius 3 is 1.95 bits per heavy atom. The lowest BCUT2D eigenvalue weighted by atomic mass is 9.81. The first-order chi connectivity index (χ1) is 10.5. The standard InChI is InChI=1S/C18H20O4/c1-8-6-10(21-3)7-9(2)13(8)16-17(19)14-11-4-5-12(22-11)15(14)18(16)20/h6-7,11-12,14-16H,4-5H2,1-3H3/t11-,12+,14-,15+,16?. The summed E-state index contributed by atoms with van der Waals surface area (Å²) < 4.78 is 11.1. The summed E-state index contributed by atoms with van der Waals surface area (Å²) >= 11 is 0. The predicted molar refractivity (Wildman–Crippen MR) is 80.1 cm³/mol. The van der Waals surface area contributed by atoms with E-state index in [9.17, 15) is 9.59 Å². The fourth-order valence-corrected chi connectivity index (χ4v) is 4.72. The number of methoxy groups -OCH3 is 1. The maximum Gasteiger partial charge on any atom is 0.154 e. The molecule has 0 N–H and O–H groups in total. The van der Waals surface area contributed by atoms with Gasteiger partial charge in [0.05, 0.1) is 31.2 Å². The minimum atomic E-state index is -0.604. The fraction of sp³-hybridized carbons (Fsp3) is 0.556. The number of rotatable bonds is 2. The van der Waals surface area contributed by atoms with Crippen LogP contribution in [0.15, 0.2) is 12.1 Å². The molecule has 2 aliphatic heterocycles. The van der Waals surface area contributed by atoms with Crippen LogP contribution in [0.3, 0.4) is 0 Å². The van der Waals surface area contributed by atoms with Crippen LogP contribution in [0.2, 0.25) is 0 Å². The number of carbonyl (C=O) groups excluding carboxylic acids is 2. The van der Waals surface area contributed by atoms with Crippen molar-refractivity contribution in [1.29, 1.82) is 0 Å². The SMILES string of the molecule is COc1cc(C)c(C2C(=O)[C@@H]3[C@H](C2=O)[C@H]2CC[C@@H]3O2)c(C)c1. The molecule has 22 heavy (non-hydrogen) atoms. The minimum Gasteiger partial charge on any atom is -0.497 e. The second kappa shape index (κ2) is 4.66. The van der Waals surface area contributed by atoms with E-state index in [4.69, 9.17) is 9.47 Å². The lowest BCUT2D eigenvalue weighted by molar-refractivity contribution is -0.127. The van der Waals surface area contributed by atoms with Crippen LogP contribution in [0.5, 0.6) is 5.75 Å². The predicted octanol–water partition coefficient (Wildman–Crippen LogP) is 2.34. The van der Waals surface area contributed by atoms with Gasteiger partial charge in [-0.3, -0.25) is 9.59 Å². The first kappa shape index (κ1) is 13.9. The number of aryl methyl sites for hydroxylation is 2. The van der Waals surface area contributed by atoms with Gasteiger partial charge >= 0.3 is 0 Å². The number of fused-ring (bicyclic) bond motifs is 5. The zero-order valence-electron chi connectivity index (χ0n) is 13.1. The van der Waals surface area contributed by atoms with E-state index in [0.717, 1.165) is 35.3 Å². The summed E-state index contributed by atoms with van der Waals surface area (Å²) in [7, 11) is 1.62. The molecule has 4 nitrogen and oxygen atoms in total. The number of ether oxygens (including phenoxy) is 2. The molecule has 0 spiro atoms. The summed E-state index contributed by atoms with van der Waals surface area (Å²) in [6.45, 7) is 3.90. The molecule has 1 saturated carbocycles. The highest BCUT2D eigenvalue weighted by Crippen LogP contribution is 2.53. The van der Waals surface area contributed by atoms with E-state index < -0.39 is 5.92 Å². The maximum atomic E-state index is 12.9. The molecule has 116 valence electrons. The number of Topliss-reactive ketones (excluding diaryl/α,β-unsaturated/α-hetero) is 2. The van der Waals surface area contributed by atoms with E-state index in [-0.39, 0.29) is 35.6 Å². The van der Waals surface area contributed by atoms with Crippen molar-refractivity contribution in [3.63, 3.8) is 0 Å². The number of hydrogen-bond donors (Lipinski definition) is 0. The Morgan fingerprint density at radius 2 is 1.50 bits per heavy atom. The highest BCUT2D eigenvalue weighted by atomic mass is 16.5. The van der Waals surface area contributed by atoms with Crippen LogP contribution < -0.4 is 4.74 Å². The van der Waals surface area contributed by atoms with E-state index in [1.54, 1.807) is 7.11 Å². The Labute approximate surface area is 129 Å². The highest BCUT2D eigenvalue weighted by molar-refractivity contribution is 6.17. The molecule has 2 saturated heterocycles. The van der Waals surface area contributed by atoms with Crippen molar-refractivity contribution >= 4 is 11.6 Å². The molecule has 3 fully saturated rings. The lowest BCUT2D eigenvalue weighted by Crippen LogP contribution is -2.29. The van der Waals surface area contributed by atoms with Crippen molar-refractivity contribution in [2.75, 3.05) is 7.11 Å². The van der Waals surface area contributed by atoms with Crippen molar-refractivity contribution < 1.29 is 19.1 Å². The van der Waals surface area contributed by atoms with Gasteiger partial charge < -0.3 is 9.47 Å². The monoisotopic (exact) mass is 300 g/mol. The van der Waals surface area contributed by atoms with Crippen molar-refractivity contribution in [3.05, 3.63) is 28.8 Å². The lowest BCUT2D eigenvalue weighted by Gasteiger charge is -2.18. The van der Waals surface area contributed by atoms with Gasteiger partial charge in [-0.25, -0.2) is 0 Å². The molecule has 3 aliphatic rings. The van der Waals surface area contributed by atoms with Gasteiger partial charge in [0.2, 0.25) is 0 Å². The molecule has 1 aromatic rings. The van der Waals surface area contributed by atoms with Gasteiger partial charge in [-0.1, -0.05) is 0 Å². The smallest absolute Gasteiger partial charge is 0.154 e. The molecule has 1 aliphatic carbocycles. The van der Waals surface area contributed by atoms with E-state index in [1.807, 2.05) is 26.0 Å². The van der Waals surface area contributed by atoms with Crippen LogP contribution in [0.4, 0.5) is 0 Å². The number of carbonyl (C=O) groups is 2. The summed E-state index contributed by atoms with van der Waals surface area (Å²) in [6.07, 6.45) is 1.77. The molecule has 4 heteroatoms. The van der Waals surface area contributed by atoms with Gasteiger partial charge in [0.25, 0.3) is 0 Å². The van der Waals surface area contributed by atoms with Crippen LogP contribution in [0.1, 0.15) is 35.4 Å². The topological polar surface area (TPSA) is 52.6 Å².